The van der Waals surface area contributed by atoms with Crippen LogP contribution in [0.2, 0.25) is 0 Å². The number of nitrogen functional groups attached to an aromatic ring is 1. The number of nitrogens with two attached hydrogens (primary N) is 1. The molecule has 0 amide bonds. The number of aromatic amines is 1. The van der Waals surface area contributed by atoms with Gasteiger partial charge in [-0.15, -0.1) is 0 Å². The second-order valence-corrected chi connectivity index (χ2v) is 30.0. The third-order valence-corrected chi connectivity index (χ3v) is 19.4. The third-order valence-electron chi connectivity index (χ3n) is 18.3. The molecule has 8 aromatic heterocycles. The molecule has 0 fully saturated rings. The van der Waals surface area contributed by atoms with Crippen molar-refractivity contribution in [3.8, 4) is 35.4 Å². The van der Waals surface area contributed by atoms with Crippen LogP contribution in [0.3, 0.4) is 0 Å². The van der Waals surface area contributed by atoms with E-state index in [9.17, 15) is 54.5 Å². The molecule has 0 aliphatic carbocycles. The van der Waals surface area contributed by atoms with Crippen LogP contribution in [0.1, 0.15) is 155 Å². The maximum atomic E-state index is 13.8. The SMILES string of the molecule is CC#CC(=O)OCC.CCOC(=O)c1c(C)[nH]n2c(=O)cc(C)cc12.CCOC(=O)c1c(C)nn2c(OCc3c(F)cccc3F)cc(C)cc12.CCOC(=O)c1c(C)nn2c(OCc3ccccc3)cc(C)cc12.Cc1cc(C)c(S(=O)(=O)[O-])c(C)c1.Cc1cc[n+](N)c(OCc2ccccc2)c1.Cc1ccnc(OCc2ccccc2)c1.OCc1c(F)cccc1F. The number of benzene rings is 6. The lowest BCUT2D eigenvalue weighted by Crippen LogP contribution is -2.45. The quantitative estimate of drug-likeness (QED) is 0.00879. The molecule has 129 heavy (non-hydrogen) atoms. The zero-order chi connectivity index (χ0) is 94.6. The summed E-state index contributed by atoms with van der Waals surface area (Å²) >= 11 is 0. The Labute approximate surface area is 746 Å². The van der Waals surface area contributed by atoms with E-state index in [1.54, 1.807) is 116 Å². The van der Waals surface area contributed by atoms with Gasteiger partial charge in [0.25, 0.3) is 5.56 Å². The fourth-order valence-corrected chi connectivity index (χ4v) is 13.4. The van der Waals surface area contributed by atoms with Crippen LogP contribution in [0.15, 0.2) is 222 Å². The minimum absolute atomic E-state index is 0.0851. The average Bonchev–Trinajstić information content (AvgIpc) is 1.80. The Kier molecular flexibility index (Phi) is 39.4. The van der Waals surface area contributed by atoms with Crippen LogP contribution in [0.4, 0.5) is 17.6 Å². The largest absolute Gasteiger partial charge is 0.744 e. The minimum Gasteiger partial charge on any atom is -0.744 e. The number of carbonyl (C=O) groups excluding carboxylic acids is 4. The second kappa shape index (κ2) is 50.0. The second-order valence-electron chi connectivity index (χ2n) is 28.7. The van der Waals surface area contributed by atoms with Crippen molar-refractivity contribution in [2.45, 2.75) is 149 Å². The van der Waals surface area contributed by atoms with Crippen LogP contribution < -0.4 is 35.0 Å². The van der Waals surface area contributed by atoms with Gasteiger partial charge in [-0.2, -0.15) is 19.2 Å². The van der Waals surface area contributed by atoms with Gasteiger partial charge < -0.3 is 47.6 Å². The number of carbonyl (C=O) groups is 4. The van der Waals surface area contributed by atoms with Gasteiger partial charge in [0.15, 0.2) is 0 Å². The van der Waals surface area contributed by atoms with Crippen molar-refractivity contribution in [3.63, 3.8) is 0 Å². The molecule has 678 valence electrons. The Morgan fingerprint density at radius 1 is 0.481 bits per heavy atom. The first-order chi connectivity index (χ1) is 61.5. The highest BCUT2D eigenvalue weighted by Gasteiger charge is 2.24. The molecule has 0 radical (unpaired) electrons. The number of ether oxygens (including phenoxy) is 8. The molecule has 4 N–H and O–H groups in total. The standard InChI is InChI=1S/C19H18F2N2O3.C19H20N2O3.C13H15N2O.C13H13NO.C12H14N2O3.C9H12O3S.C7H6F2O.C6H8O2/c1-4-25-19(24)18-12(3)22-23-16(18)8-11(2)9-17(23)26-10-13-14(20)6-5-7-15(13)21;1-4-23-19(22)18-14(3)20-21-16(18)10-13(2)11-17(21)24-12-15-8-6-5-7-9-15;1-11-7-8-15(14)13(9-11)16-10-12-5-3-2-4-6-12;1-11-7-8-14-13(9-11)15-10-12-5-3-2-4-6-12;1-4-17-12(16)11-8(3)13-14-9(11)5-7(2)6-10(14)15;1-6-4-7(2)9(8(3)5-6)13(10,11)12;8-6-2-1-3-7(9)5(6)4-10;1-3-5-6(7)8-4-2/h5-9H,4,10H2,1-3H3;5-11H,4,12H2,1-3H3;2-9H,10,14H2,1H3;2-9H,10H2,1H3;5-6,13H,4H2,1-3H3;4-5H,1-3H3,(H,10,11,12);1-3,10H,4H2;4H2,1-2H3/q;;+1;;;;;/p-1. The molecular weight excluding hydrogens is 1680 g/mol. The van der Waals surface area contributed by atoms with Crippen LogP contribution >= 0.6 is 0 Å². The van der Waals surface area contributed by atoms with E-state index in [4.69, 9.17) is 44.1 Å². The lowest BCUT2D eigenvalue weighted by atomic mass is 10.1. The zero-order valence-electron chi connectivity index (χ0n) is 74.7. The number of aliphatic hydroxyl groups excluding tert-OH is 1. The number of fused-ring (bicyclic) bond motifs is 3. The highest BCUT2D eigenvalue weighted by Crippen LogP contribution is 2.29. The number of aromatic nitrogens is 8. The van der Waals surface area contributed by atoms with Crippen molar-refractivity contribution in [1.82, 2.24) is 33.8 Å². The van der Waals surface area contributed by atoms with Crippen molar-refractivity contribution in [2.75, 3.05) is 32.3 Å². The summed E-state index contributed by atoms with van der Waals surface area (Å²) in [4.78, 5) is 62.3. The number of rotatable bonds is 21. The van der Waals surface area contributed by atoms with Crippen molar-refractivity contribution < 1.29 is 97.4 Å². The maximum Gasteiger partial charge on any atom is 0.397 e. The highest BCUT2D eigenvalue weighted by molar-refractivity contribution is 7.85. The molecule has 31 heteroatoms. The monoisotopic (exact) mass is 1790 g/mol. The van der Waals surface area contributed by atoms with Gasteiger partial charge in [-0.3, -0.25) is 9.89 Å². The molecule has 0 saturated carbocycles. The average molecular weight is 1790 g/mol. The predicted molar refractivity (Wildman–Crippen MR) is 479 cm³/mol. The fourth-order valence-electron chi connectivity index (χ4n) is 12.5. The van der Waals surface area contributed by atoms with Crippen molar-refractivity contribution in [3.05, 3.63) is 352 Å². The van der Waals surface area contributed by atoms with E-state index in [-0.39, 0.29) is 46.6 Å². The number of halogens is 4. The molecule has 8 heterocycles. The third kappa shape index (κ3) is 30.4. The number of nitrogens with zero attached hydrogens (tertiary/aromatic N) is 7. The van der Waals surface area contributed by atoms with Gasteiger partial charge in [-0.05, 0) is 215 Å². The van der Waals surface area contributed by atoms with Crippen LogP contribution in [-0.2, 0) is 66.9 Å². The van der Waals surface area contributed by atoms with E-state index in [0.717, 1.165) is 62.2 Å². The lowest BCUT2D eigenvalue weighted by Gasteiger charge is -2.14. The lowest BCUT2D eigenvalue weighted by molar-refractivity contribution is -0.645. The maximum absolute atomic E-state index is 13.8. The first-order valence-corrected chi connectivity index (χ1v) is 42.1. The van der Waals surface area contributed by atoms with Gasteiger partial charge in [-0.25, -0.2) is 60.5 Å². The smallest absolute Gasteiger partial charge is 0.397 e. The Morgan fingerprint density at radius 3 is 1.33 bits per heavy atom. The summed E-state index contributed by atoms with van der Waals surface area (Å²) in [5.41, 5.74) is 14.4. The first-order valence-electron chi connectivity index (χ1n) is 40.7. The van der Waals surface area contributed by atoms with Gasteiger partial charge in [0.2, 0.25) is 23.8 Å². The summed E-state index contributed by atoms with van der Waals surface area (Å²) < 4.78 is 133. The number of H-pyrrole nitrogens is 1. The molecule has 0 aliphatic rings. The number of nitrogens with one attached hydrogen (secondary N) is 1. The number of aryl methyl sites for hydroxylation is 11. The normalized spacial score (nSPS) is 10.4. The Hall–Kier alpha value is -14.5. The van der Waals surface area contributed by atoms with Gasteiger partial charge in [0.05, 0.1) is 77.5 Å². The van der Waals surface area contributed by atoms with Crippen LogP contribution in [0.5, 0.6) is 23.5 Å². The molecule has 0 spiro atoms. The van der Waals surface area contributed by atoms with Gasteiger partial charge in [0, 0.05) is 53.7 Å². The molecule has 0 atom stereocenters. The number of hydrogen-bond donors (Lipinski definition) is 3. The first kappa shape index (κ1) is 102. The van der Waals surface area contributed by atoms with Gasteiger partial charge in [-0.1, -0.05) is 131 Å². The number of pyridine rings is 5. The highest BCUT2D eigenvalue weighted by atomic mass is 32.2. The van der Waals surface area contributed by atoms with Gasteiger partial charge in [0.1, 0.15) is 76.5 Å². The zero-order valence-corrected chi connectivity index (χ0v) is 75.5. The van der Waals surface area contributed by atoms with Gasteiger partial charge >= 0.3 is 29.8 Å². The summed E-state index contributed by atoms with van der Waals surface area (Å²) in [6.07, 6.45) is 3.55. The van der Waals surface area contributed by atoms with E-state index in [1.165, 1.54) is 44.0 Å². The predicted octanol–water partition coefficient (Wildman–Crippen LogP) is 17.2. The molecule has 6 aromatic carbocycles. The fraction of sp³-hybridized carbons (Fsp3) is 0.255. The van der Waals surface area contributed by atoms with E-state index in [1.807, 2.05) is 169 Å². The number of esters is 4. The van der Waals surface area contributed by atoms with E-state index in [0.29, 0.717) is 119 Å². The molecule has 14 rings (SSSR count). The molecule has 14 aromatic rings. The summed E-state index contributed by atoms with van der Waals surface area (Å²) in [5.74, 6) is 8.17. The molecular formula is C98H105F4N9O17S. The van der Waals surface area contributed by atoms with Crippen molar-refractivity contribution in [2.24, 2.45) is 0 Å². The van der Waals surface area contributed by atoms with Crippen LogP contribution in [0.25, 0.3) is 16.6 Å². The van der Waals surface area contributed by atoms with Crippen molar-refractivity contribution in [1.29, 1.82) is 0 Å². The minimum atomic E-state index is -4.33. The Morgan fingerprint density at radius 2 is 0.891 bits per heavy atom. The number of aliphatic hydroxyl groups is 1. The Bertz CT molecular complexity index is 6330. The van der Waals surface area contributed by atoms with Crippen LogP contribution in [0, 0.1) is 111 Å². The van der Waals surface area contributed by atoms with E-state index < -0.39 is 57.9 Å². The molecule has 26 nitrogen and oxygen atoms in total. The molecule has 0 bridgehead atoms. The summed E-state index contributed by atoms with van der Waals surface area (Å²) in [5, 5.41) is 20.1. The molecule has 0 unspecified atom stereocenters. The van der Waals surface area contributed by atoms with E-state index >= 15 is 0 Å². The van der Waals surface area contributed by atoms with E-state index in [2.05, 4.69) is 36.9 Å². The topological polar surface area (TPSA) is 334 Å². The number of hydrogen-bond acceptors (Lipinski definition) is 21. The Balaban J connectivity index is 0.000000207. The van der Waals surface area contributed by atoms with Crippen LogP contribution in [-0.4, -0.2) is 102 Å². The van der Waals surface area contributed by atoms with Crippen molar-refractivity contribution >= 4 is 50.5 Å². The molecule has 0 aliphatic heterocycles. The molecule has 0 saturated heterocycles. The summed E-state index contributed by atoms with van der Waals surface area (Å²) in [6, 6.07) is 58.9. The summed E-state index contributed by atoms with van der Waals surface area (Å²) in [7, 11) is -4.33. The summed E-state index contributed by atoms with van der Waals surface area (Å²) in [6.45, 7) is 30.5.